The van der Waals surface area contributed by atoms with E-state index in [9.17, 15) is 9.59 Å². The van der Waals surface area contributed by atoms with E-state index < -0.39 is 0 Å². The summed E-state index contributed by atoms with van der Waals surface area (Å²) in [6.07, 6.45) is 3.82. The first-order valence-corrected chi connectivity index (χ1v) is 16.5. The van der Waals surface area contributed by atoms with E-state index in [1.807, 2.05) is 42.2 Å². The summed E-state index contributed by atoms with van der Waals surface area (Å²) in [6, 6.07) is 23.8. The summed E-state index contributed by atoms with van der Waals surface area (Å²) in [4.78, 5) is 32.8. The fraction of sp³-hybridized carbons (Fsp3) is 0.432. The summed E-state index contributed by atoms with van der Waals surface area (Å²) in [5.74, 6) is 1.26. The van der Waals surface area contributed by atoms with Crippen molar-refractivity contribution in [3.8, 4) is 11.1 Å². The van der Waals surface area contributed by atoms with Gasteiger partial charge in [-0.2, -0.15) is 0 Å². The Kier molecular flexibility index (Phi) is 11.9. The van der Waals surface area contributed by atoms with Crippen molar-refractivity contribution < 1.29 is 19.1 Å². The van der Waals surface area contributed by atoms with Gasteiger partial charge in [-0.15, -0.1) is 0 Å². The van der Waals surface area contributed by atoms with Crippen LogP contribution in [0.1, 0.15) is 60.3 Å². The zero-order valence-electron chi connectivity index (χ0n) is 27.1. The largest absolute Gasteiger partial charge is 0.385 e. The van der Waals surface area contributed by atoms with Crippen LogP contribution in [0.5, 0.6) is 0 Å². The van der Waals surface area contributed by atoms with E-state index in [1.54, 1.807) is 7.11 Å². The Hall–Kier alpha value is -4.05. The van der Waals surface area contributed by atoms with E-state index in [4.69, 9.17) is 20.2 Å². The van der Waals surface area contributed by atoms with Gasteiger partial charge in [-0.25, -0.2) is 4.98 Å². The Balaban J connectivity index is 1.14. The number of rotatable bonds is 15. The number of carbonyl (C=O) groups excluding carboxylic acids is 2. The van der Waals surface area contributed by atoms with E-state index in [0.29, 0.717) is 51.3 Å². The second-order valence-electron chi connectivity index (χ2n) is 12.0. The average Bonchev–Trinajstić information content (AvgIpc) is 3.46. The molecule has 2 heterocycles. The maximum atomic E-state index is 13.4. The fourth-order valence-corrected chi connectivity index (χ4v) is 6.28. The van der Waals surface area contributed by atoms with Gasteiger partial charge in [-0.1, -0.05) is 48.5 Å². The molecule has 2 atom stereocenters. The van der Waals surface area contributed by atoms with Gasteiger partial charge in [-0.3, -0.25) is 9.59 Å². The van der Waals surface area contributed by atoms with E-state index in [-0.39, 0.29) is 23.8 Å². The normalized spacial score (nSPS) is 15.6. The molecule has 0 aliphatic carbocycles. The molecule has 1 aromatic heterocycles. The molecule has 0 bridgehead atoms. The molecule has 244 valence electrons. The molecule has 1 saturated heterocycles. The highest BCUT2D eigenvalue weighted by Crippen LogP contribution is 2.30. The number of imidazole rings is 1. The number of carbonyl (C=O) groups is 2. The van der Waals surface area contributed by atoms with Crippen molar-refractivity contribution in [3.05, 3.63) is 89.7 Å². The predicted octanol–water partition coefficient (Wildman–Crippen LogP) is 5.17. The number of aryl methyl sites for hydroxylation is 1. The number of piperidine rings is 1. The smallest absolute Gasteiger partial charge is 0.251 e. The first-order chi connectivity index (χ1) is 22.5. The Morgan fingerprint density at radius 2 is 1.76 bits per heavy atom. The minimum atomic E-state index is -0.266. The van der Waals surface area contributed by atoms with Crippen molar-refractivity contribution in [1.29, 1.82) is 0 Å². The number of ether oxygens (including phenoxy) is 2. The first-order valence-electron chi connectivity index (χ1n) is 16.5. The predicted molar refractivity (Wildman–Crippen MR) is 182 cm³/mol. The van der Waals surface area contributed by atoms with Gasteiger partial charge in [0.05, 0.1) is 17.6 Å². The molecule has 1 fully saturated rings. The number of nitrogens with two attached hydrogens (primary N) is 1. The number of aromatic nitrogens is 2. The third-order valence-electron chi connectivity index (χ3n) is 8.66. The number of benzene rings is 3. The molecule has 4 aromatic rings. The minimum absolute atomic E-state index is 0.108. The van der Waals surface area contributed by atoms with Crippen molar-refractivity contribution in [3.63, 3.8) is 0 Å². The van der Waals surface area contributed by atoms with Crippen molar-refractivity contribution in [2.45, 2.75) is 57.5 Å². The van der Waals surface area contributed by atoms with Gasteiger partial charge in [0.2, 0.25) is 5.91 Å². The lowest BCUT2D eigenvalue weighted by Crippen LogP contribution is -2.42. The molecule has 3 aromatic carbocycles. The van der Waals surface area contributed by atoms with Gasteiger partial charge in [0.15, 0.2) is 0 Å². The van der Waals surface area contributed by atoms with E-state index in [1.165, 1.54) is 0 Å². The fourth-order valence-electron chi connectivity index (χ4n) is 6.28. The van der Waals surface area contributed by atoms with Gasteiger partial charge in [-0.05, 0) is 73.6 Å². The summed E-state index contributed by atoms with van der Waals surface area (Å²) in [7, 11) is 1.73. The Labute approximate surface area is 272 Å². The highest BCUT2D eigenvalue weighted by Gasteiger charge is 2.29. The lowest BCUT2D eigenvalue weighted by atomic mass is 9.95. The number of para-hydroxylation sites is 2. The van der Waals surface area contributed by atoms with Gasteiger partial charge >= 0.3 is 0 Å². The molecular formula is C37H47N5O4. The van der Waals surface area contributed by atoms with Crippen molar-refractivity contribution >= 4 is 22.8 Å². The SMILES string of the molecule is CCOCCNC(=O)c1ccc(-c2ccc(C[C@@H](N)CC(=O)N3CCC[C@@H](c4nc5ccccc5n4CCCOC)C3)cc2)cc1. The number of nitrogens with zero attached hydrogens (tertiary/aromatic N) is 3. The van der Waals surface area contributed by atoms with Gasteiger partial charge < -0.3 is 30.0 Å². The Morgan fingerprint density at radius 1 is 1.02 bits per heavy atom. The summed E-state index contributed by atoms with van der Waals surface area (Å²) < 4.78 is 12.9. The molecule has 9 nitrogen and oxygen atoms in total. The van der Waals surface area contributed by atoms with Crippen LogP contribution in [0.3, 0.4) is 0 Å². The number of hydrogen-bond acceptors (Lipinski definition) is 6. The zero-order valence-corrected chi connectivity index (χ0v) is 27.1. The van der Waals surface area contributed by atoms with Gasteiger partial charge in [0.1, 0.15) is 5.82 Å². The van der Waals surface area contributed by atoms with Crippen molar-refractivity contribution in [1.82, 2.24) is 19.8 Å². The summed E-state index contributed by atoms with van der Waals surface area (Å²) in [6.45, 7) is 6.52. The van der Waals surface area contributed by atoms with E-state index in [0.717, 1.165) is 65.9 Å². The molecule has 0 saturated carbocycles. The van der Waals surface area contributed by atoms with Gasteiger partial charge in [0.25, 0.3) is 5.91 Å². The van der Waals surface area contributed by atoms with Crippen molar-refractivity contribution in [2.24, 2.45) is 5.73 Å². The molecule has 1 aliphatic heterocycles. The van der Waals surface area contributed by atoms with Gasteiger partial charge in [0, 0.05) is 70.4 Å². The first kappa shape index (κ1) is 33.3. The number of hydrogen-bond donors (Lipinski definition) is 2. The number of amides is 2. The van der Waals surface area contributed by atoms with Crippen LogP contribution < -0.4 is 11.1 Å². The topological polar surface area (TPSA) is 112 Å². The quantitative estimate of drug-likeness (QED) is 0.176. The zero-order chi connectivity index (χ0) is 32.3. The monoisotopic (exact) mass is 625 g/mol. The van der Waals surface area contributed by atoms with Crippen LogP contribution in [-0.4, -0.2) is 78.9 Å². The number of methoxy groups -OCH3 is 1. The second-order valence-corrected chi connectivity index (χ2v) is 12.0. The molecule has 3 N–H and O–H groups in total. The third kappa shape index (κ3) is 8.60. The molecule has 0 spiro atoms. The minimum Gasteiger partial charge on any atom is -0.385 e. The molecular weight excluding hydrogens is 578 g/mol. The summed E-state index contributed by atoms with van der Waals surface area (Å²) >= 11 is 0. The lowest BCUT2D eigenvalue weighted by Gasteiger charge is -2.33. The summed E-state index contributed by atoms with van der Waals surface area (Å²) in [5.41, 5.74) is 12.5. The molecule has 1 aliphatic rings. The molecule has 46 heavy (non-hydrogen) atoms. The van der Waals surface area contributed by atoms with Crippen LogP contribution in [0.2, 0.25) is 0 Å². The van der Waals surface area contributed by atoms with E-state index >= 15 is 0 Å². The van der Waals surface area contributed by atoms with Crippen LogP contribution in [0.15, 0.2) is 72.8 Å². The number of nitrogens with one attached hydrogen (secondary N) is 1. The molecule has 0 radical (unpaired) electrons. The van der Waals surface area contributed by atoms with Crippen LogP contribution in [0, 0.1) is 0 Å². The highest BCUT2D eigenvalue weighted by molar-refractivity contribution is 5.94. The molecule has 5 rings (SSSR count). The Bertz CT molecular complexity index is 1570. The second kappa shape index (κ2) is 16.5. The van der Waals surface area contributed by atoms with E-state index in [2.05, 4.69) is 52.3 Å². The van der Waals surface area contributed by atoms with Crippen LogP contribution >= 0.6 is 0 Å². The molecule has 0 unspecified atom stereocenters. The van der Waals surface area contributed by atoms with Crippen LogP contribution in [0.25, 0.3) is 22.2 Å². The number of likely N-dealkylation sites (tertiary alicyclic amines) is 1. The number of fused-ring (bicyclic) bond motifs is 1. The van der Waals surface area contributed by atoms with Crippen LogP contribution in [0.4, 0.5) is 0 Å². The maximum absolute atomic E-state index is 13.4. The highest BCUT2D eigenvalue weighted by atomic mass is 16.5. The summed E-state index contributed by atoms with van der Waals surface area (Å²) in [5, 5.41) is 2.87. The lowest BCUT2D eigenvalue weighted by molar-refractivity contribution is -0.132. The third-order valence-corrected chi connectivity index (χ3v) is 8.66. The molecule has 9 heteroatoms. The van der Waals surface area contributed by atoms with Crippen molar-refractivity contribution in [2.75, 3.05) is 46.6 Å². The molecule has 2 amide bonds. The average molecular weight is 626 g/mol. The standard InChI is InChI=1S/C37H47N5O4/c1-3-46-23-19-39-37(44)30-17-15-29(16-18-30)28-13-11-27(12-14-28)24-32(38)25-35(43)41-20-6-8-31(26-41)36-40-33-9-4-5-10-34(33)42(36)21-7-22-45-2/h4-5,9-18,31-32H,3,6-8,19-26,38H2,1-2H3,(H,39,44)/t31-,32-/m1/s1. The maximum Gasteiger partial charge on any atom is 0.251 e. The van der Waals surface area contributed by atoms with Crippen LogP contribution in [-0.2, 0) is 27.2 Å². The Morgan fingerprint density at radius 3 is 2.50 bits per heavy atom.